The number of pyridine rings is 1. The van der Waals surface area contributed by atoms with Gasteiger partial charge in [0.05, 0.1) is 7.11 Å². The van der Waals surface area contributed by atoms with Crippen molar-refractivity contribution in [1.29, 1.82) is 0 Å². The molecule has 1 aromatic heterocycles. The Hall–Kier alpha value is -1.13. The van der Waals surface area contributed by atoms with E-state index in [1.165, 1.54) is 0 Å². The van der Waals surface area contributed by atoms with Crippen molar-refractivity contribution in [3.8, 4) is 5.75 Å². The Bertz CT molecular complexity index is 408. The number of ether oxygens (including phenoxy) is 2. The molecule has 0 aromatic carbocycles. The van der Waals surface area contributed by atoms with E-state index in [-0.39, 0.29) is 0 Å². The zero-order chi connectivity index (χ0) is 15.0. The van der Waals surface area contributed by atoms with Gasteiger partial charge in [-0.3, -0.25) is 4.98 Å². The Balaban J connectivity index is 2.65. The van der Waals surface area contributed by atoms with E-state index >= 15 is 0 Å². The molecule has 0 saturated carbocycles. The van der Waals surface area contributed by atoms with Crippen LogP contribution in [0.5, 0.6) is 5.75 Å². The monoisotopic (exact) mass is 280 g/mol. The first-order valence-corrected chi connectivity index (χ1v) is 7.38. The third kappa shape index (κ3) is 4.76. The van der Waals surface area contributed by atoms with E-state index in [9.17, 15) is 0 Å². The summed E-state index contributed by atoms with van der Waals surface area (Å²) in [4.78, 5) is 4.57. The maximum Gasteiger partial charge on any atom is 0.128 e. The number of hydrogen-bond acceptors (Lipinski definition) is 4. The van der Waals surface area contributed by atoms with Crippen LogP contribution in [0.3, 0.4) is 0 Å². The van der Waals surface area contributed by atoms with E-state index in [1.54, 1.807) is 7.11 Å². The summed E-state index contributed by atoms with van der Waals surface area (Å²) in [6, 6.07) is 0.425. The van der Waals surface area contributed by atoms with E-state index in [0.717, 1.165) is 55.0 Å². The SMILES string of the molecule is CCOCCCC(Cc1ncc(C)c(OC)c1C)NC. The molecule has 20 heavy (non-hydrogen) atoms. The van der Waals surface area contributed by atoms with E-state index in [0.29, 0.717) is 6.04 Å². The number of nitrogens with zero attached hydrogens (tertiary/aromatic N) is 1. The van der Waals surface area contributed by atoms with Crippen molar-refractivity contribution >= 4 is 0 Å². The van der Waals surface area contributed by atoms with Gasteiger partial charge in [0.15, 0.2) is 0 Å². The predicted molar refractivity (Wildman–Crippen MR) is 82.5 cm³/mol. The molecule has 0 fully saturated rings. The molecule has 0 aliphatic rings. The summed E-state index contributed by atoms with van der Waals surface area (Å²) in [7, 11) is 3.73. The average Bonchev–Trinajstić information content (AvgIpc) is 2.45. The topological polar surface area (TPSA) is 43.4 Å². The van der Waals surface area contributed by atoms with Gasteiger partial charge in [-0.15, -0.1) is 0 Å². The third-order valence-electron chi connectivity index (χ3n) is 3.64. The highest BCUT2D eigenvalue weighted by atomic mass is 16.5. The van der Waals surface area contributed by atoms with Crippen LogP contribution in [0.2, 0.25) is 0 Å². The molecule has 4 heteroatoms. The first-order chi connectivity index (χ1) is 9.63. The quantitative estimate of drug-likeness (QED) is 0.706. The minimum atomic E-state index is 0.425. The van der Waals surface area contributed by atoms with E-state index < -0.39 is 0 Å². The molecular weight excluding hydrogens is 252 g/mol. The summed E-state index contributed by atoms with van der Waals surface area (Å²) in [6.07, 6.45) is 4.98. The van der Waals surface area contributed by atoms with Crippen LogP contribution >= 0.6 is 0 Å². The van der Waals surface area contributed by atoms with Crippen LogP contribution in [0.15, 0.2) is 6.20 Å². The Kier molecular flexibility index (Phi) is 7.55. The lowest BCUT2D eigenvalue weighted by atomic mass is 10.0. The highest BCUT2D eigenvalue weighted by molar-refractivity contribution is 5.41. The lowest BCUT2D eigenvalue weighted by Gasteiger charge is -2.18. The molecule has 0 spiro atoms. The molecule has 1 heterocycles. The molecule has 1 atom stereocenters. The van der Waals surface area contributed by atoms with Gasteiger partial charge in [-0.05, 0) is 40.7 Å². The second-order valence-corrected chi connectivity index (χ2v) is 5.08. The molecule has 114 valence electrons. The number of aromatic nitrogens is 1. The van der Waals surface area contributed by atoms with Crippen LogP contribution in [0.1, 0.15) is 36.6 Å². The first-order valence-electron chi connectivity index (χ1n) is 7.38. The smallest absolute Gasteiger partial charge is 0.128 e. The zero-order valence-electron chi connectivity index (χ0n) is 13.5. The molecule has 4 nitrogen and oxygen atoms in total. The highest BCUT2D eigenvalue weighted by Crippen LogP contribution is 2.25. The molecule has 0 aliphatic heterocycles. The summed E-state index contributed by atoms with van der Waals surface area (Å²) >= 11 is 0. The van der Waals surface area contributed by atoms with Crippen LogP contribution in [0.25, 0.3) is 0 Å². The molecular formula is C16H28N2O2. The Morgan fingerprint density at radius 3 is 2.70 bits per heavy atom. The standard InChI is InChI=1S/C16H28N2O2/c1-6-20-9-7-8-14(17-4)10-15-13(3)16(19-5)12(2)11-18-15/h11,14,17H,6-10H2,1-5H3. The van der Waals surface area contributed by atoms with Gasteiger partial charge in [-0.25, -0.2) is 0 Å². The summed E-state index contributed by atoms with van der Waals surface area (Å²) in [5.74, 6) is 0.958. The Labute approximate surface area is 122 Å². The normalized spacial score (nSPS) is 12.4. The predicted octanol–water partition coefficient (Wildman–Crippen LogP) is 2.65. The van der Waals surface area contributed by atoms with Crippen molar-refractivity contribution in [3.63, 3.8) is 0 Å². The van der Waals surface area contributed by atoms with Crippen molar-refractivity contribution in [2.45, 2.75) is 46.1 Å². The number of nitrogens with one attached hydrogen (secondary N) is 1. The Morgan fingerprint density at radius 2 is 2.10 bits per heavy atom. The average molecular weight is 280 g/mol. The lowest BCUT2D eigenvalue weighted by Crippen LogP contribution is -2.28. The molecule has 1 rings (SSSR count). The van der Waals surface area contributed by atoms with Crippen LogP contribution in [-0.4, -0.2) is 38.4 Å². The number of rotatable bonds is 9. The Morgan fingerprint density at radius 1 is 1.35 bits per heavy atom. The van der Waals surface area contributed by atoms with Crippen LogP contribution in [0, 0.1) is 13.8 Å². The largest absolute Gasteiger partial charge is 0.496 e. The van der Waals surface area contributed by atoms with Gasteiger partial charge < -0.3 is 14.8 Å². The van der Waals surface area contributed by atoms with Gasteiger partial charge in [0, 0.05) is 48.7 Å². The first kappa shape index (κ1) is 16.9. The van der Waals surface area contributed by atoms with Gasteiger partial charge in [0.25, 0.3) is 0 Å². The molecule has 0 amide bonds. The summed E-state index contributed by atoms with van der Waals surface area (Å²) in [6.45, 7) is 7.76. The summed E-state index contributed by atoms with van der Waals surface area (Å²) in [5.41, 5.74) is 3.35. The van der Waals surface area contributed by atoms with Crippen LogP contribution in [-0.2, 0) is 11.2 Å². The third-order valence-corrected chi connectivity index (χ3v) is 3.64. The maximum atomic E-state index is 5.46. The van der Waals surface area contributed by atoms with Gasteiger partial charge in [0.1, 0.15) is 5.75 Å². The second-order valence-electron chi connectivity index (χ2n) is 5.08. The van der Waals surface area contributed by atoms with Crippen molar-refractivity contribution in [3.05, 3.63) is 23.0 Å². The minimum Gasteiger partial charge on any atom is -0.496 e. The van der Waals surface area contributed by atoms with Gasteiger partial charge >= 0.3 is 0 Å². The molecule has 0 bridgehead atoms. The van der Waals surface area contributed by atoms with Gasteiger partial charge in [0.2, 0.25) is 0 Å². The summed E-state index contributed by atoms with van der Waals surface area (Å²) < 4.78 is 10.9. The fourth-order valence-electron chi connectivity index (χ4n) is 2.43. The summed E-state index contributed by atoms with van der Waals surface area (Å²) in [5, 5.41) is 3.37. The lowest BCUT2D eigenvalue weighted by molar-refractivity contribution is 0.141. The maximum absolute atomic E-state index is 5.46. The van der Waals surface area contributed by atoms with Crippen molar-refractivity contribution in [2.24, 2.45) is 0 Å². The molecule has 1 N–H and O–H groups in total. The van der Waals surface area contributed by atoms with E-state index in [2.05, 4.69) is 17.2 Å². The number of methoxy groups -OCH3 is 1. The molecule has 0 radical (unpaired) electrons. The fraction of sp³-hybridized carbons (Fsp3) is 0.688. The van der Waals surface area contributed by atoms with Crippen molar-refractivity contribution < 1.29 is 9.47 Å². The number of likely N-dealkylation sites (N-methyl/N-ethyl adjacent to an activating group) is 1. The van der Waals surface area contributed by atoms with E-state index in [1.807, 2.05) is 27.1 Å². The number of hydrogen-bond donors (Lipinski definition) is 1. The van der Waals surface area contributed by atoms with Crippen LogP contribution in [0.4, 0.5) is 0 Å². The fourth-order valence-corrected chi connectivity index (χ4v) is 2.43. The van der Waals surface area contributed by atoms with Crippen LogP contribution < -0.4 is 10.1 Å². The van der Waals surface area contributed by atoms with Gasteiger partial charge in [-0.2, -0.15) is 0 Å². The van der Waals surface area contributed by atoms with Crippen molar-refractivity contribution in [2.75, 3.05) is 27.4 Å². The molecule has 1 unspecified atom stereocenters. The second kappa shape index (κ2) is 8.93. The molecule has 0 aliphatic carbocycles. The molecule has 0 saturated heterocycles. The van der Waals surface area contributed by atoms with Crippen molar-refractivity contribution in [1.82, 2.24) is 10.3 Å². The minimum absolute atomic E-state index is 0.425. The highest BCUT2D eigenvalue weighted by Gasteiger charge is 2.14. The van der Waals surface area contributed by atoms with Gasteiger partial charge in [-0.1, -0.05) is 0 Å². The zero-order valence-corrected chi connectivity index (χ0v) is 13.5. The number of aryl methyl sites for hydroxylation is 1. The van der Waals surface area contributed by atoms with E-state index in [4.69, 9.17) is 9.47 Å². The molecule has 1 aromatic rings.